The van der Waals surface area contributed by atoms with Gasteiger partial charge in [-0.15, -0.1) is 13.2 Å². The number of hydrogen-bond acceptors (Lipinski definition) is 6. The average molecular weight is 592 g/mol. The third kappa shape index (κ3) is 9.01. The van der Waals surface area contributed by atoms with Crippen molar-refractivity contribution in [1.82, 2.24) is 15.5 Å². The molecule has 0 bridgehead atoms. The number of rotatable bonds is 10. The van der Waals surface area contributed by atoms with Gasteiger partial charge in [0.15, 0.2) is 9.84 Å². The number of piperidine rings is 1. The van der Waals surface area contributed by atoms with Crippen molar-refractivity contribution in [2.24, 2.45) is 5.92 Å². The van der Waals surface area contributed by atoms with E-state index in [1.807, 2.05) is 4.90 Å². The van der Waals surface area contributed by atoms with E-state index >= 15 is 0 Å². The number of nitrogens with zero attached hydrogens (tertiary/aromatic N) is 1. The number of nitrogens with one attached hydrogen (secondary N) is 2. The number of amides is 2. The molecule has 0 radical (unpaired) electrons. The number of carbonyl (C=O) groups is 2. The standard InChI is InChI=1S/C25H29ClF3N3O6S/c1-2-39(36,37)22-8-7-20(26)10-19(22)13-30-23(33)17-5-6-18(21(11-17)38-25(27,28)29)15-32-9-3-4-16(14-32)12-31-24(34)35/h5-8,10-11,16,31H,2-4,9,12-15H2,1H3,(H,30,33)(H,34,35)/t16-/m0/s1. The van der Waals surface area contributed by atoms with Crippen molar-refractivity contribution in [2.45, 2.75) is 44.1 Å². The number of hydrogen-bond donors (Lipinski definition) is 3. The summed E-state index contributed by atoms with van der Waals surface area (Å²) in [5.41, 5.74) is 0.349. The quantitative estimate of drug-likeness (QED) is 0.373. The molecule has 1 heterocycles. The third-order valence-corrected chi connectivity index (χ3v) is 8.33. The predicted molar refractivity (Wildman–Crippen MR) is 138 cm³/mol. The van der Waals surface area contributed by atoms with Crippen LogP contribution in [0, 0.1) is 5.92 Å². The maximum atomic E-state index is 13.2. The van der Waals surface area contributed by atoms with Gasteiger partial charge in [0.05, 0.1) is 10.6 Å². The van der Waals surface area contributed by atoms with Crippen LogP contribution in [-0.2, 0) is 22.9 Å². The molecule has 9 nitrogen and oxygen atoms in total. The zero-order valence-corrected chi connectivity index (χ0v) is 22.6. The molecule has 0 unspecified atom stereocenters. The second-order valence-electron chi connectivity index (χ2n) is 9.14. The molecule has 214 valence electrons. The number of carboxylic acid groups (broad SMARTS) is 1. The fourth-order valence-electron chi connectivity index (χ4n) is 4.40. The van der Waals surface area contributed by atoms with E-state index in [0.29, 0.717) is 13.1 Å². The van der Waals surface area contributed by atoms with Crippen LogP contribution in [0.25, 0.3) is 0 Å². The largest absolute Gasteiger partial charge is 0.573 e. The monoisotopic (exact) mass is 591 g/mol. The van der Waals surface area contributed by atoms with Crippen LogP contribution < -0.4 is 15.4 Å². The number of halogens is 4. The normalized spacial score (nSPS) is 16.5. The van der Waals surface area contributed by atoms with Gasteiger partial charge in [-0.1, -0.05) is 24.6 Å². The smallest absolute Gasteiger partial charge is 0.465 e. The van der Waals surface area contributed by atoms with Crippen molar-refractivity contribution in [2.75, 3.05) is 25.4 Å². The Morgan fingerprint density at radius 1 is 1.15 bits per heavy atom. The first kappa shape index (κ1) is 30.5. The van der Waals surface area contributed by atoms with Crippen molar-refractivity contribution >= 4 is 33.4 Å². The Morgan fingerprint density at radius 2 is 1.90 bits per heavy atom. The molecular formula is C25H29ClF3N3O6S. The minimum absolute atomic E-state index is 0.00420. The first-order valence-corrected chi connectivity index (χ1v) is 14.2. The van der Waals surface area contributed by atoms with Crippen molar-refractivity contribution in [3.63, 3.8) is 0 Å². The molecule has 1 fully saturated rings. The highest BCUT2D eigenvalue weighted by Gasteiger charge is 2.33. The second kappa shape index (κ2) is 12.9. The van der Waals surface area contributed by atoms with Gasteiger partial charge in [-0.2, -0.15) is 0 Å². The Labute approximate surface area is 229 Å². The zero-order chi connectivity index (χ0) is 28.8. The van der Waals surface area contributed by atoms with Gasteiger partial charge in [-0.3, -0.25) is 9.69 Å². The van der Waals surface area contributed by atoms with Crippen molar-refractivity contribution in [3.8, 4) is 5.75 Å². The Hall–Kier alpha value is -3.03. The maximum absolute atomic E-state index is 13.2. The first-order chi connectivity index (χ1) is 18.3. The highest BCUT2D eigenvalue weighted by Crippen LogP contribution is 2.30. The summed E-state index contributed by atoms with van der Waals surface area (Å²) in [6.07, 6.45) is -4.60. The van der Waals surface area contributed by atoms with Gasteiger partial charge >= 0.3 is 12.5 Å². The fraction of sp³-hybridized carbons (Fsp3) is 0.440. The molecule has 1 aliphatic rings. The van der Waals surface area contributed by atoms with E-state index in [4.69, 9.17) is 16.7 Å². The number of carbonyl (C=O) groups excluding carboxylic acids is 1. The van der Waals surface area contributed by atoms with Gasteiger partial charge in [-0.05, 0) is 61.2 Å². The van der Waals surface area contributed by atoms with Crippen LogP contribution in [0.5, 0.6) is 5.75 Å². The molecule has 0 aliphatic carbocycles. The molecule has 1 aliphatic heterocycles. The number of likely N-dealkylation sites (tertiary alicyclic amines) is 1. The fourth-order valence-corrected chi connectivity index (χ4v) is 5.71. The van der Waals surface area contributed by atoms with Crippen LogP contribution in [0.4, 0.5) is 18.0 Å². The Bertz CT molecular complexity index is 1310. The Balaban J connectivity index is 1.77. The van der Waals surface area contributed by atoms with Crippen LogP contribution in [0.15, 0.2) is 41.3 Å². The lowest BCUT2D eigenvalue weighted by Gasteiger charge is -2.33. The highest BCUT2D eigenvalue weighted by atomic mass is 35.5. The molecule has 3 rings (SSSR count). The number of alkyl halides is 3. The summed E-state index contributed by atoms with van der Waals surface area (Å²) in [5.74, 6) is -1.41. The Morgan fingerprint density at radius 3 is 2.56 bits per heavy atom. The van der Waals surface area contributed by atoms with E-state index in [1.54, 1.807) is 0 Å². The van der Waals surface area contributed by atoms with Gasteiger partial charge in [0.2, 0.25) is 0 Å². The minimum atomic E-state index is -5.00. The van der Waals surface area contributed by atoms with Gasteiger partial charge in [0, 0.05) is 42.3 Å². The second-order valence-corrected chi connectivity index (χ2v) is 11.8. The third-order valence-electron chi connectivity index (χ3n) is 6.27. The van der Waals surface area contributed by atoms with Crippen LogP contribution >= 0.6 is 11.6 Å². The molecule has 2 aromatic rings. The molecule has 14 heteroatoms. The summed E-state index contributed by atoms with van der Waals surface area (Å²) in [6, 6.07) is 7.90. The molecule has 1 saturated heterocycles. The highest BCUT2D eigenvalue weighted by molar-refractivity contribution is 7.91. The molecule has 0 aromatic heterocycles. The summed E-state index contributed by atoms with van der Waals surface area (Å²) in [6.45, 7) is 2.70. The van der Waals surface area contributed by atoms with Crippen LogP contribution in [-0.4, -0.2) is 62.2 Å². The summed E-state index contributed by atoms with van der Waals surface area (Å²) < 4.78 is 68.6. The lowest BCUT2D eigenvalue weighted by Crippen LogP contribution is -2.40. The zero-order valence-electron chi connectivity index (χ0n) is 21.1. The van der Waals surface area contributed by atoms with E-state index in [0.717, 1.165) is 18.9 Å². The molecule has 2 amide bonds. The lowest BCUT2D eigenvalue weighted by molar-refractivity contribution is -0.275. The molecule has 1 atom stereocenters. The van der Waals surface area contributed by atoms with Gasteiger partial charge in [0.1, 0.15) is 5.75 Å². The van der Waals surface area contributed by atoms with E-state index in [2.05, 4.69) is 15.4 Å². The van der Waals surface area contributed by atoms with Crippen LogP contribution in [0.2, 0.25) is 5.02 Å². The van der Waals surface area contributed by atoms with E-state index in [9.17, 15) is 31.2 Å². The molecule has 0 spiro atoms. The summed E-state index contributed by atoms with van der Waals surface area (Å²) >= 11 is 6.00. The number of sulfone groups is 1. The summed E-state index contributed by atoms with van der Waals surface area (Å²) in [4.78, 5) is 25.5. The maximum Gasteiger partial charge on any atom is 0.573 e. The number of benzene rings is 2. The van der Waals surface area contributed by atoms with E-state index in [1.165, 1.54) is 37.3 Å². The molecule has 3 N–H and O–H groups in total. The SMILES string of the molecule is CCS(=O)(=O)c1ccc(Cl)cc1CNC(=O)c1ccc(CN2CCC[C@@H](CNC(=O)O)C2)c(OC(F)(F)F)c1. The Kier molecular flexibility index (Phi) is 10.1. The van der Waals surface area contributed by atoms with E-state index in [-0.39, 0.29) is 57.9 Å². The van der Waals surface area contributed by atoms with Crippen LogP contribution in [0.1, 0.15) is 41.3 Å². The van der Waals surface area contributed by atoms with Gasteiger partial charge in [-0.25, -0.2) is 13.2 Å². The van der Waals surface area contributed by atoms with Crippen molar-refractivity contribution in [3.05, 3.63) is 58.1 Å². The summed E-state index contributed by atoms with van der Waals surface area (Å²) in [7, 11) is -3.61. The first-order valence-electron chi connectivity index (χ1n) is 12.1. The predicted octanol–water partition coefficient (Wildman–Crippen LogP) is 4.44. The molecule has 2 aromatic carbocycles. The summed E-state index contributed by atoms with van der Waals surface area (Å²) in [5, 5.41) is 14.0. The van der Waals surface area contributed by atoms with Crippen molar-refractivity contribution in [1.29, 1.82) is 0 Å². The van der Waals surface area contributed by atoms with Gasteiger partial charge < -0.3 is 20.5 Å². The number of ether oxygens (including phenoxy) is 1. The van der Waals surface area contributed by atoms with Gasteiger partial charge in [0.25, 0.3) is 5.91 Å². The average Bonchev–Trinajstić information content (AvgIpc) is 2.86. The molecule has 0 saturated carbocycles. The van der Waals surface area contributed by atoms with Crippen molar-refractivity contribution < 1.29 is 41.0 Å². The molecular weight excluding hydrogens is 563 g/mol. The minimum Gasteiger partial charge on any atom is -0.465 e. The molecule has 39 heavy (non-hydrogen) atoms. The lowest BCUT2D eigenvalue weighted by atomic mass is 9.97. The van der Waals surface area contributed by atoms with Crippen LogP contribution in [0.3, 0.4) is 0 Å². The van der Waals surface area contributed by atoms with E-state index < -0.39 is 33.9 Å². The topological polar surface area (TPSA) is 125 Å².